The maximum Gasteiger partial charge on any atom is 1.00 e. The molecule has 5 heteroatoms. The molecule has 0 heterocycles. The summed E-state index contributed by atoms with van der Waals surface area (Å²) in [6.45, 7) is 5.07. The molecule has 14 heavy (non-hydrogen) atoms. The van der Waals surface area contributed by atoms with Crippen LogP contribution in [-0.2, 0) is 14.3 Å². The first-order valence-electron chi connectivity index (χ1n) is 3.67. The third kappa shape index (κ3) is 3.46. The molecule has 0 unspecified atom stereocenters. The van der Waals surface area contributed by atoms with Gasteiger partial charge < -0.3 is 5.61 Å². The van der Waals surface area contributed by atoms with Gasteiger partial charge in [0.1, 0.15) is 4.90 Å². The molecule has 0 fully saturated rings. The SMILES string of the molecule is C=COS(=O)(=O)c1ccc(C)cc1.[H-].[Na+]. The summed E-state index contributed by atoms with van der Waals surface area (Å²) in [7, 11) is -3.65. The summed E-state index contributed by atoms with van der Waals surface area (Å²) in [6.07, 6.45) is 0.898. The van der Waals surface area contributed by atoms with Gasteiger partial charge in [-0.1, -0.05) is 24.3 Å². The van der Waals surface area contributed by atoms with Gasteiger partial charge in [-0.15, -0.1) is 0 Å². The summed E-state index contributed by atoms with van der Waals surface area (Å²) >= 11 is 0. The van der Waals surface area contributed by atoms with Crippen LogP contribution in [0.4, 0.5) is 0 Å². The Bertz CT molecular complexity index is 400. The molecule has 0 saturated carbocycles. The Kier molecular flexibility index (Phi) is 5.44. The molecule has 0 bridgehead atoms. The minimum absolute atomic E-state index is 0. The first-order chi connectivity index (χ1) is 6.06. The van der Waals surface area contributed by atoms with E-state index in [4.69, 9.17) is 0 Å². The topological polar surface area (TPSA) is 43.4 Å². The van der Waals surface area contributed by atoms with E-state index in [1.165, 1.54) is 12.1 Å². The van der Waals surface area contributed by atoms with E-state index >= 15 is 0 Å². The van der Waals surface area contributed by atoms with Gasteiger partial charge in [-0.25, -0.2) is 0 Å². The van der Waals surface area contributed by atoms with Gasteiger partial charge in [-0.05, 0) is 19.1 Å². The van der Waals surface area contributed by atoms with Crippen molar-refractivity contribution in [2.45, 2.75) is 11.8 Å². The van der Waals surface area contributed by atoms with Gasteiger partial charge in [0.25, 0.3) is 0 Å². The van der Waals surface area contributed by atoms with Crippen LogP contribution < -0.4 is 29.6 Å². The van der Waals surface area contributed by atoms with Gasteiger partial charge >= 0.3 is 39.7 Å². The summed E-state index contributed by atoms with van der Waals surface area (Å²) < 4.78 is 26.9. The summed E-state index contributed by atoms with van der Waals surface area (Å²) in [5, 5.41) is 0. The molecule has 0 aliphatic rings. The molecule has 0 amide bonds. The Morgan fingerprint density at radius 3 is 2.29 bits per heavy atom. The second-order valence-electron chi connectivity index (χ2n) is 2.53. The molecule has 0 N–H and O–H groups in total. The fraction of sp³-hybridized carbons (Fsp3) is 0.111. The van der Waals surface area contributed by atoms with Crippen LogP contribution in [0.15, 0.2) is 42.0 Å². The molecule has 3 nitrogen and oxygen atoms in total. The molecule has 0 aromatic heterocycles. The predicted octanol–water partition coefficient (Wildman–Crippen LogP) is -1.04. The minimum Gasteiger partial charge on any atom is -1.00 e. The third-order valence-corrected chi connectivity index (χ3v) is 2.74. The second-order valence-corrected chi connectivity index (χ2v) is 4.10. The van der Waals surface area contributed by atoms with Gasteiger partial charge in [0.15, 0.2) is 0 Å². The summed E-state index contributed by atoms with van der Waals surface area (Å²) in [6, 6.07) is 6.40. The van der Waals surface area contributed by atoms with Crippen LogP contribution in [0.3, 0.4) is 0 Å². The quantitative estimate of drug-likeness (QED) is 0.373. The van der Waals surface area contributed by atoms with E-state index < -0.39 is 10.1 Å². The molecular weight excluding hydrogens is 211 g/mol. The van der Waals surface area contributed by atoms with E-state index in [0.717, 1.165) is 11.8 Å². The maximum atomic E-state index is 11.3. The monoisotopic (exact) mass is 222 g/mol. The van der Waals surface area contributed by atoms with Crippen LogP contribution in [-0.4, -0.2) is 8.42 Å². The van der Waals surface area contributed by atoms with E-state index in [1.54, 1.807) is 12.1 Å². The molecule has 0 spiro atoms. The van der Waals surface area contributed by atoms with E-state index in [9.17, 15) is 8.42 Å². The molecule has 72 valence electrons. The van der Waals surface area contributed by atoms with Crippen molar-refractivity contribution >= 4 is 10.1 Å². The third-order valence-electron chi connectivity index (χ3n) is 1.50. The Morgan fingerprint density at radius 2 is 1.86 bits per heavy atom. The van der Waals surface area contributed by atoms with Crippen LogP contribution in [0.5, 0.6) is 0 Å². The fourth-order valence-corrected chi connectivity index (χ4v) is 1.61. The fourth-order valence-electron chi connectivity index (χ4n) is 0.850. The average molecular weight is 222 g/mol. The van der Waals surface area contributed by atoms with Crippen LogP contribution >= 0.6 is 0 Å². The van der Waals surface area contributed by atoms with E-state index in [-0.39, 0.29) is 35.9 Å². The molecule has 0 saturated heterocycles. The van der Waals surface area contributed by atoms with Gasteiger partial charge in [-0.3, -0.25) is 0 Å². The summed E-state index contributed by atoms with van der Waals surface area (Å²) in [5.41, 5.74) is 0.998. The Labute approximate surface area is 108 Å². The summed E-state index contributed by atoms with van der Waals surface area (Å²) in [4.78, 5) is 0.137. The Hall–Kier alpha value is -0.290. The Balaban J connectivity index is 0. The number of rotatable bonds is 3. The molecule has 0 radical (unpaired) electrons. The van der Waals surface area contributed by atoms with Crippen LogP contribution in [0, 0.1) is 6.92 Å². The number of benzene rings is 1. The van der Waals surface area contributed by atoms with E-state index in [1.807, 2.05) is 6.92 Å². The van der Waals surface area contributed by atoms with Crippen molar-refractivity contribution in [2.24, 2.45) is 0 Å². The van der Waals surface area contributed by atoms with Gasteiger partial charge in [0.2, 0.25) is 0 Å². The zero-order chi connectivity index (χ0) is 9.90. The second kappa shape index (κ2) is 5.56. The number of hydrogen-bond donors (Lipinski definition) is 0. The minimum atomic E-state index is -3.65. The number of hydrogen-bond acceptors (Lipinski definition) is 3. The van der Waals surface area contributed by atoms with Crippen LogP contribution in [0.2, 0.25) is 0 Å². The van der Waals surface area contributed by atoms with Crippen molar-refractivity contribution in [3.05, 3.63) is 42.7 Å². The van der Waals surface area contributed by atoms with Crippen molar-refractivity contribution < 1.29 is 43.6 Å². The first-order valence-corrected chi connectivity index (χ1v) is 5.08. The molecular formula is C9H11NaO3S. The van der Waals surface area contributed by atoms with Crippen molar-refractivity contribution in [3.63, 3.8) is 0 Å². The van der Waals surface area contributed by atoms with E-state index in [0.29, 0.717) is 0 Å². The van der Waals surface area contributed by atoms with Crippen molar-refractivity contribution in [1.29, 1.82) is 0 Å². The number of aryl methyl sites for hydroxylation is 1. The van der Waals surface area contributed by atoms with Crippen molar-refractivity contribution in [1.82, 2.24) is 0 Å². The zero-order valence-electron chi connectivity index (χ0n) is 9.23. The summed E-state index contributed by atoms with van der Waals surface area (Å²) in [5.74, 6) is 0. The van der Waals surface area contributed by atoms with Crippen molar-refractivity contribution in [3.8, 4) is 0 Å². The normalized spacial score (nSPS) is 10.1. The van der Waals surface area contributed by atoms with Crippen LogP contribution in [0.25, 0.3) is 0 Å². The molecule has 0 atom stereocenters. The van der Waals surface area contributed by atoms with Gasteiger partial charge in [-0.2, -0.15) is 8.42 Å². The first kappa shape index (κ1) is 13.7. The smallest absolute Gasteiger partial charge is 1.00 e. The zero-order valence-corrected chi connectivity index (χ0v) is 11.0. The molecule has 0 aliphatic heterocycles. The van der Waals surface area contributed by atoms with Crippen molar-refractivity contribution in [2.75, 3.05) is 0 Å². The molecule has 1 rings (SSSR count). The predicted molar refractivity (Wildman–Crippen MR) is 50.8 cm³/mol. The van der Waals surface area contributed by atoms with Crippen LogP contribution in [0.1, 0.15) is 6.99 Å². The largest absolute Gasteiger partial charge is 1.00 e. The molecule has 0 aliphatic carbocycles. The van der Waals surface area contributed by atoms with Gasteiger partial charge in [0, 0.05) is 0 Å². The maximum absolute atomic E-state index is 11.3. The molecule has 1 aromatic rings. The average Bonchev–Trinajstić information content (AvgIpc) is 2.05. The standard InChI is InChI=1S/C9H10O3S.Na.H/c1-3-12-13(10,11)9-6-4-8(2)5-7-9;;/h3-7H,1H2,2H3;;/q;+1;-1. The Morgan fingerprint density at radius 1 is 1.36 bits per heavy atom. The van der Waals surface area contributed by atoms with E-state index in [2.05, 4.69) is 10.8 Å². The van der Waals surface area contributed by atoms with Gasteiger partial charge in [0.05, 0.1) is 6.26 Å². The molecule has 1 aromatic carbocycles.